The summed E-state index contributed by atoms with van der Waals surface area (Å²) in [6, 6.07) is 5.48. The molecule has 0 unspecified atom stereocenters. The molecule has 0 N–H and O–H groups in total. The minimum atomic E-state index is 0.725. The molecule has 2 heteroatoms. The molecule has 0 amide bonds. The Hall–Kier alpha value is -0.200. The van der Waals surface area contributed by atoms with Gasteiger partial charge in [-0.1, -0.05) is 70.8 Å². The molecule has 0 fully saturated rings. The maximum absolute atomic E-state index is 5.73. The summed E-state index contributed by atoms with van der Waals surface area (Å²) in [5.41, 5.74) is 0.945. The summed E-state index contributed by atoms with van der Waals surface area (Å²) in [5.74, 6) is 0. The van der Waals surface area contributed by atoms with E-state index in [1.165, 1.54) is 0 Å². The van der Waals surface area contributed by atoms with Crippen molar-refractivity contribution in [3.05, 3.63) is 33.8 Å². The van der Waals surface area contributed by atoms with Gasteiger partial charge in [-0.15, -0.1) is 0 Å². The highest BCUT2D eigenvalue weighted by Gasteiger charge is 1.96. The third kappa shape index (κ3) is 10.1. The van der Waals surface area contributed by atoms with Gasteiger partial charge in [-0.05, 0) is 24.6 Å². The van der Waals surface area contributed by atoms with Gasteiger partial charge in [-0.3, -0.25) is 0 Å². The molecule has 0 heterocycles. The largest absolute Gasteiger partial charge is 0.0840 e. The van der Waals surface area contributed by atoms with Crippen molar-refractivity contribution < 1.29 is 0 Å². The third-order valence-corrected chi connectivity index (χ3v) is 2.02. The van der Waals surface area contributed by atoms with Crippen LogP contribution in [-0.2, 0) is 0 Å². The maximum Gasteiger partial charge on any atom is 0.0450 e. The molecular weight excluding hydrogens is 227 g/mol. The van der Waals surface area contributed by atoms with E-state index in [0.717, 1.165) is 15.6 Å². The molecule has 90 valence electrons. The van der Waals surface area contributed by atoms with Gasteiger partial charge in [0.15, 0.2) is 0 Å². The van der Waals surface area contributed by atoms with Crippen LogP contribution in [0.1, 0.15) is 47.1 Å². The van der Waals surface area contributed by atoms with E-state index in [2.05, 4.69) is 0 Å². The normalized spacial score (nSPS) is 7.00. The monoisotopic (exact) mass is 250 g/mol. The minimum Gasteiger partial charge on any atom is -0.0840 e. The number of hydrogen-bond acceptors (Lipinski definition) is 0. The molecule has 0 aliphatic rings. The first-order chi connectivity index (χ1) is 7.22. The molecule has 0 atom stereocenters. The summed E-state index contributed by atoms with van der Waals surface area (Å²) in [6.45, 7) is 13.9. The van der Waals surface area contributed by atoms with E-state index < -0.39 is 0 Å². The van der Waals surface area contributed by atoms with E-state index in [0.29, 0.717) is 0 Å². The second-order valence-corrected chi connectivity index (χ2v) is 2.66. The molecule has 0 nitrogen and oxygen atoms in total. The standard InChI is InChI=1S/C7H6Cl2.3C2H6/c1-5-6(8)3-2-4-7(5)9;3*1-2/h2-4H,1H3;3*1-2H3. The van der Waals surface area contributed by atoms with Gasteiger partial charge in [0.05, 0.1) is 0 Å². The first-order valence-electron chi connectivity index (χ1n) is 5.62. The zero-order valence-corrected chi connectivity index (χ0v) is 12.5. The highest BCUT2D eigenvalue weighted by Crippen LogP contribution is 2.21. The van der Waals surface area contributed by atoms with Crippen molar-refractivity contribution in [3.8, 4) is 0 Å². The second kappa shape index (κ2) is 16.2. The molecule has 0 radical (unpaired) electrons. The van der Waals surface area contributed by atoms with E-state index in [9.17, 15) is 0 Å². The molecule has 0 aromatic heterocycles. The van der Waals surface area contributed by atoms with Crippen LogP contribution in [0.2, 0.25) is 10.0 Å². The SMILES string of the molecule is CC.CC.CC.Cc1c(Cl)cccc1Cl. The second-order valence-electron chi connectivity index (χ2n) is 1.85. The zero-order chi connectivity index (χ0) is 12.9. The van der Waals surface area contributed by atoms with E-state index >= 15 is 0 Å². The fourth-order valence-electron chi connectivity index (χ4n) is 0.581. The summed E-state index contributed by atoms with van der Waals surface area (Å²) in [5, 5.41) is 1.45. The average molecular weight is 251 g/mol. The fraction of sp³-hybridized carbons (Fsp3) is 0.538. The Morgan fingerprint density at radius 1 is 0.733 bits per heavy atom. The summed E-state index contributed by atoms with van der Waals surface area (Å²) in [4.78, 5) is 0. The summed E-state index contributed by atoms with van der Waals surface area (Å²) in [6.07, 6.45) is 0. The van der Waals surface area contributed by atoms with Crippen LogP contribution in [0.5, 0.6) is 0 Å². The first kappa shape index (κ1) is 20.2. The molecule has 0 bridgehead atoms. The van der Waals surface area contributed by atoms with Crippen molar-refractivity contribution in [1.29, 1.82) is 0 Å². The summed E-state index contributed by atoms with van der Waals surface area (Å²) >= 11 is 11.5. The highest BCUT2D eigenvalue weighted by atomic mass is 35.5. The molecule has 0 aliphatic heterocycles. The maximum atomic E-state index is 5.73. The number of halogens is 2. The lowest BCUT2D eigenvalue weighted by Gasteiger charge is -1.96. The van der Waals surface area contributed by atoms with Crippen LogP contribution in [0, 0.1) is 6.92 Å². The smallest absolute Gasteiger partial charge is 0.0450 e. The van der Waals surface area contributed by atoms with Gasteiger partial charge in [-0.2, -0.15) is 0 Å². The Morgan fingerprint density at radius 2 is 1.00 bits per heavy atom. The van der Waals surface area contributed by atoms with Gasteiger partial charge < -0.3 is 0 Å². The van der Waals surface area contributed by atoms with Gasteiger partial charge in [0.2, 0.25) is 0 Å². The average Bonchev–Trinajstić information content (AvgIpc) is 2.34. The van der Waals surface area contributed by atoms with Gasteiger partial charge in [0, 0.05) is 10.0 Å². The number of benzene rings is 1. The van der Waals surface area contributed by atoms with Crippen LogP contribution >= 0.6 is 23.2 Å². The van der Waals surface area contributed by atoms with Crippen molar-refractivity contribution in [2.24, 2.45) is 0 Å². The van der Waals surface area contributed by atoms with Gasteiger partial charge >= 0.3 is 0 Å². The molecular formula is C13H24Cl2. The van der Waals surface area contributed by atoms with Gasteiger partial charge in [0.25, 0.3) is 0 Å². The van der Waals surface area contributed by atoms with Crippen LogP contribution in [0.25, 0.3) is 0 Å². The van der Waals surface area contributed by atoms with Crippen LogP contribution in [0.15, 0.2) is 18.2 Å². The lowest BCUT2D eigenvalue weighted by Crippen LogP contribution is -1.73. The zero-order valence-electron chi connectivity index (χ0n) is 11.0. The van der Waals surface area contributed by atoms with Crippen molar-refractivity contribution in [2.45, 2.75) is 48.5 Å². The summed E-state index contributed by atoms with van der Waals surface area (Å²) in [7, 11) is 0. The van der Waals surface area contributed by atoms with Crippen LogP contribution < -0.4 is 0 Å². The minimum absolute atomic E-state index is 0.725. The van der Waals surface area contributed by atoms with Crippen molar-refractivity contribution in [1.82, 2.24) is 0 Å². The topological polar surface area (TPSA) is 0 Å². The van der Waals surface area contributed by atoms with Gasteiger partial charge in [0.1, 0.15) is 0 Å². The molecule has 15 heavy (non-hydrogen) atoms. The lowest BCUT2D eigenvalue weighted by atomic mass is 10.2. The Balaban J connectivity index is -0.000000208. The van der Waals surface area contributed by atoms with Crippen molar-refractivity contribution in [2.75, 3.05) is 0 Å². The fourth-order valence-corrected chi connectivity index (χ4v) is 0.979. The highest BCUT2D eigenvalue weighted by molar-refractivity contribution is 6.35. The van der Waals surface area contributed by atoms with E-state index in [-0.39, 0.29) is 0 Å². The lowest BCUT2D eigenvalue weighted by molar-refractivity contribution is 1.47. The molecule has 1 aromatic rings. The number of hydrogen-bond donors (Lipinski definition) is 0. The molecule has 0 saturated carbocycles. The Morgan fingerprint density at radius 3 is 1.20 bits per heavy atom. The predicted octanol–water partition coefficient (Wildman–Crippen LogP) is 6.38. The predicted molar refractivity (Wildman–Crippen MR) is 75.2 cm³/mol. The van der Waals surface area contributed by atoms with Crippen LogP contribution in [0.3, 0.4) is 0 Å². The third-order valence-electron chi connectivity index (χ3n) is 1.20. The summed E-state index contributed by atoms with van der Waals surface area (Å²) < 4.78 is 0. The van der Waals surface area contributed by atoms with Crippen LogP contribution in [0.4, 0.5) is 0 Å². The van der Waals surface area contributed by atoms with Gasteiger partial charge in [-0.25, -0.2) is 0 Å². The van der Waals surface area contributed by atoms with Crippen LogP contribution in [-0.4, -0.2) is 0 Å². The van der Waals surface area contributed by atoms with E-state index in [1.54, 1.807) is 0 Å². The Labute approximate surface area is 106 Å². The molecule has 1 aromatic carbocycles. The quantitative estimate of drug-likeness (QED) is 0.501. The Kier molecular flexibility index (Phi) is 21.9. The number of rotatable bonds is 0. The Bertz CT molecular complexity index is 200. The van der Waals surface area contributed by atoms with Crippen molar-refractivity contribution >= 4 is 23.2 Å². The molecule has 0 spiro atoms. The molecule has 0 aliphatic carbocycles. The molecule has 1 rings (SSSR count). The van der Waals surface area contributed by atoms with E-state index in [4.69, 9.17) is 23.2 Å². The van der Waals surface area contributed by atoms with E-state index in [1.807, 2.05) is 66.7 Å². The molecule has 0 saturated heterocycles. The van der Waals surface area contributed by atoms with Crippen molar-refractivity contribution in [3.63, 3.8) is 0 Å². The first-order valence-corrected chi connectivity index (χ1v) is 6.38.